The van der Waals surface area contributed by atoms with Crippen LogP contribution in [0, 0.1) is 0 Å². The van der Waals surface area contributed by atoms with E-state index in [1.54, 1.807) is 15.3 Å². The second kappa shape index (κ2) is 5.09. The molecule has 2 heterocycles. The van der Waals surface area contributed by atoms with Crippen molar-refractivity contribution < 1.29 is 0 Å². The van der Waals surface area contributed by atoms with E-state index in [1.165, 1.54) is 0 Å². The van der Waals surface area contributed by atoms with Crippen LogP contribution in [0.4, 0.5) is 0 Å². The van der Waals surface area contributed by atoms with E-state index in [1.807, 2.05) is 37.5 Å². The Hall–Kier alpha value is -2.14. The van der Waals surface area contributed by atoms with Gasteiger partial charge in [-0.1, -0.05) is 12.1 Å². The summed E-state index contributed by atoms with van der Waals surface area (Å²) >= 11 is 5.93. The lowest BCUT2D eigenvalue weighted by Gasteiger charge is -2.10. The second-order valence-electron chi connectivity index (χ2n) is 4.55. The molecule has 0 aliphatic carbocycles. The van der Waals surface area contributed by atoms with E-state index in [0.29, 0.717) is 23.3 Å². The molecule has 5 nitrogen and oxygen atoms in total. The van der Waals surface area contributed by atoms with Crippen molar-refractivity contribution >= 4 is 22.5 Å². The minimum absolute atomic E-state index is 0.0862. The number of halogens is 1. The van der Waals surface area contributed by atoms with Crippen LogP contribution in [0.2, 0.25) is 0 Å². The maximum absolute atomic E-state index is 12.5. The van der Waals surface area contributed by atoms with Crippen LogP contribution in [-0.4, -0.2) is 19.3 Å². The summed E-state index contributed by atoms with van der Waals surface area (Å²) in [6.07, 6.45) is 1.84. The first kappa shape index (κ1) is 12.9. The van der Waals surface area contributed by atoms with Crippen molar-refractivity contribution in [2.45, 2.75) is 12.4 Å². The zero-order chi connectivity index (χ0) is 14.1. The molecule has 0 saturated heterocycles. The number of nitrogens with zero attached hydrogens (tertiary/aromatic N) is 4. The molecule has 0 amide bonds. The Morgan fingerprint density at radius 1 is 1.25 bits per heavy atom. The highest BCUT2D eigenvalue weighted by atomic mass is 35.5. The molecule has 0 atom stereocenters. The molecular weight excluding hydrogens is 276 g/mol. The third-order valence-corrected chi connectivity index (χ3v) is 3.39. The Kier molecular flexibility index (Phi) is 3.28. The second-order valence-corrected chi connectivity index (χ2v) is 4.82. The van der Waals surface area contributed by atoms with Crippen LogP contribution < -0.4 is 5.56 Å². The molecule has 0 aliphatic heterocycles. The molecule has 0 radical (unpaired) electrons. The number of hydrogen-bond donors (Lipinski definition) is 0. The number of alkyl halides is 1. The fraction of sp³-hybridized carbons (Fsp3) is 0.214. The molecule has 0 unspecified atom stereocenters. The van der Waals surface area contributed by atoms with Gasteiger partial charge in [0.1, 0.15) is 5.82 Å². The lowest BCUT2D eigenvalue weighted by atomic mass is 10.2. The maximum atomic E-state index is 12.5. The van der Waals surface area contributed by atoms with Gasteiger partial charge >= 0.3 is 0 Å². The van der Waals surface area contributed by atoms with Gasteiger partial charge in [0.25, 0.3) is 5.56 Å². The first-order chi connectivity index (χ1) is 9.69. The normalized spacial score (nSPS) is 11.1. The molecule has 102 valence electrons. The average Bonchev–Trinajstić information content (AvgIpc) is 2.87. The van der Waals surface area contributed by atoms with Gasteiger partial charge in [0.15, 0.2) is 0 Å². The number of rotatable bonds is 3. The molecule has 3 aromatic rings. The minimum atomic E-state index is -0.0862. The maximum Gasteiger partial charge on any atom is 0.261 e. The van der Waals surface area contributed by atoms with Crippen LogP contribution in [0.15, 0.2) is 41.3 Å². The van der Waals surface area contributed by atoms with Crippen LogP contribution in [-0.2, 0) is 19.5 Å². The van der Waals surface area contributed by atoms with Gasteiger partial charge in [-0.25, -0.2) is 4.98 Å². The van der Waals surface area contributed by atoms with E-state index < -0.39 is 0 Å². The molecule has 6 heteroatoms. The van der Waals surface area contributed by atoms with Gasteiger partial charge in [-0.05, 0) is 18.2 Å². The molecule has 3 rings (SSSR count). The van der Waals surface area contributed by atoms with Crippen LogP contribution in [0.25, 0.3) is 10.9 Å². The summed E-state index contributed by atoms with van der Waals surface area (Å²) in [4.78, 5) is 17.0. The largest absolute Gasteiger partial charge is 0.289 e. The van der Waals surface area contributed by atoms with Crippen molar-refractivity contribution in [1.29, 1.82) is 0 Å². The van der Waals surface area contributed by atoms with E-state index in [2.05, 4.69) is 10.1 Å². The number of hydrogen-bond acceptors (Lipinski definition) is 3. The predicted molar refractivity (Wildman–Crippen MR) is 77.9 cm³/mol. The molecule has 0 saturated carbocycles. The van der Waals surface area contributed by atoms with E-state index >= 15 is 0 Å². The number of benzene rings is 1. The van der Waals surface area contributed by atoms with Crippen molar-refractivity contribution in [2.75, 3.05) is 0 Å². The van der Waals surface area contributed by atoms with Gasteiger partial charge in [-0.15, -0.1) is 11.6 Å². The molecule has 2 aromatic heterocycles. The highest BCUT2D eigenvalue weighted by Crippen LogP contribution is 2.10. The average molecular weight is 289 g/mol. The zero-order valence-corrected chi connectivity index (χ0v) is 11.7. The molecule has 20 heavy (non-hydrogen) atoms. The Bertz CT molecular complexity index is 821. The van der Waals surface area contributed by atoms with Crippen LogP contribution >= 0.6 is 11.6 Å². The highest BCUT2D eigenvalue weighted by Gasteiger charge is 2.11. The van der Waals surface area contributed by atoms with Gasteiger partial charge in [0.05, 0.1) is 29.0 Å². The number of aryl methyl sites for hydroxylation is 1. The van der Waals surface area contributed by atoms with Crippen LogP contribution in [0.3, 0.4) is 0 Å². The molecule has 0 fully saturated rings. The van der Waals surface area contributed by atoms with Crippen molar-refractivity contribution in [3.63, 3.8) is 0 Å². The van der Waals surface area contributed by atoms with Gasteiger partial charge in [-0.3, -0.25) is 14.0 Å². The van der Waals surface area contributed by atoms with Crippen molar-refractivity contribution in [3.05, 3.63) is 58.4 Å². The van der Waals surface area contributed by atoms with Gasteiger partial charge < -0.3 is 0 Å². The Balaban J connectivity index is 2.18. The summed E-state index contributed by atoms with van der Waals surface area (Å²) in [5, 5.41) is 4.88. The summed E-state index contributed by atoms with van der Waals surface area (Å²) in [5.74, 6) is 0.744. The van der Waals surface area contributed by atoms with Gasteiger partial charge in [0.2, 0.25) is 0 Å². The zero-order valence-electron chi connectivity index (χ0n) is 11.0. The highest BCUT2D eigenvalue weighted by molar-refractivity contribution is 6.16. The van der Waals surface area contributed by atoms with Gasteiger partial charge in [0, 0.05) is 13.2 Å². The van der Waals surface area contributed by atoms with Crippen LogP contribution in [0.5, 0.6) is 0 Å². The molecule has 0 N–H and O–H groups in total. The minimum Gasteiger partial charge on any atom is -0.289 e. The fourth-order valence-electron chi connectivity index (χ4n) is 2.19. The molecular formula is C14H13ClN4O. The van der Waals surface area contributed by atoms with Crippen molar-refractivity contribution in [1.82, 2.24) is 19.3 Å². The van der Waals surface area contributed by atoms with Crippen molar-refractivity contribution in [2.24, 2.45) is 7.05 Å². The summed E-state index contributed by atoms with van der Waals surface area (Å²) in [5.41, 5.74) is 1.39. The van der Waals surface area contributed by atoms with E-state index in [-0.39, 0.29) is 11.4 Å². The van der Waals surface area contributed by atoms with Gasteiger partial charge in [-0.2, -0.15) is 5.10 Å². The third kappa shape index (κ3) is 2.20. The summed E-state index contributed by atoms with van der Waals surface area (Å²) in [6, 6.07) is 9.15. The smallest absolute Gasteiger partial charge is 0.261 e. The van der Waals surface area contributed by atoms with Crippen LogP contribution in [0.1, 0.15) is 11.5 Å². The summed E-state index contributed by atoms with van der Waals surface area (Å²) in [7, 11) is 1.84. The lowest BCUT2D eigenvalue weighted by Crippen LogP contribution is -2.25. The number of para-hydroxylation sites is 1. The standard InChI is InChI=1S/C14H13ClN4O/c1-18-7-6-10(17-18)9-19-13(8-15)16-12-5-3-2-4-11(12)14(19)20/h2-7H,8-9H2,1H3. The van der Waals surface area contributed by atoms with Crippen molar-refractivity contribution in [3.8, 4) is 0 Å². The summed E-state index contributed by atoms with van der Waals surface area (Å²) < 4.78 is 3.28. The third-order valence-electron chi connectivity index (χ3n) is 3.15. The van der Waals surface area contributed by atoms with E-state index in [4.69, 9.17) is 11.6 Å². The lowest BCUT2D eigenvalue weighted by molar-refractivity contribution is 0.665. The van der Waals surface area contributed by atoms with E-state index in [9.17, 15) is 4.79 Å². The molecule has 0 bridgehead atoms. The number of fused-ring (bicyclic) bond motifs is 1. The SMILES string of the molecule is Cn1ccc(Cn2c(CCl)nc3ccccc3c2=O)n1. The molecule has 1 aromatic carbocycles. The first-order valence-electron chi connectivity index (χ1n) is 6.22. The Labute approximate surface area is 120 Å². The summed E-state index contributed by atoms with van der Waals surface area (Å²) in [6.45, 7) is 0.375. The topological polar surface area (TPSA) is 52.7 Å². The first-order valence-corrected chi connectivity index (χ1v) is 6.75. The monoisotopic (exact) mass is 288 g/mol. The molecule has 0 aliphatic rings. The molecule has 0 spiro atoms. The Morgan fingerprint density at radius 2 is 2.05 bits per heavy atom. The Morgan fingerprint density at radius 3 is 2.75 bits per heavy atom. The van der Waals surface area contributed by atoms with E-state index in [0.717, 1.165) is 5.69 Å². The number of aromatic nitrogens is 4. The predicted octanol–water partition coefficient (Wildman–Crippen LogP) is 1.92. The fourth-order valence-corrected chi connectivity index (χ4v) is 2.39. The quantitative estimate of drug-likeness (QED) is 0.692.